The lowest BCUT2D eigenvalue weighted by atomic mass is 10.2. The maximum Gasteiger partial charge on any atom is 0.256 e. The molecule has 98 valence electrons. The summed E-state index contributed by atoms with van der Waals surface area (Å²) in [5.74, 6) is 2.38. The molecule has 2 rings (SSSR count). The molecule has 2 aromatic rings. The van der Waals surface area contributed by atoms with Gasteiger partial charge in [0.25, 0.3) is 5.22 Å². The van der Waals surface area contributed by atoms with Crippen molar-refractivity contribution in [1.29, 1.82) is 5.26 Å². The van der Waals surface area contributed by atoms with Crippen molar-refractivity contribution < 1.29 is 9.15 Å². The number of oxazole rings is 1. The van der Waals surface area contributed by atoms with Gasteiger partial charge in [-0.05, 0) is 38.1 Å². The summed E-state index contributed by atoms with van der Waals surface area (Å²) < 4.78 is 11.0. The number of hydrogen-bond acceptors (Lipinski definition) is 5. The van der Waals surface area contributed by atoms with Crippen molar-refractivity contribution >= 4 is 11.8 Å². The average Bonchev–Trinajstić information content (AvgIpc) is 2.74. The molecule has 0 bridgehead atoms. The fraction of sp³-hybridized carbons (Fsp3) is 0.286. The molecule has 0 fully saturated rings. The Morgan fingerprint density at radius 3 is 2.63 bits per heavy atom. The van der Waals surface area contributed by atoms with E-state index in [-0.39, 0.29) is 0 Å². The van der Waals surface area contributed by atoms with Crippen LogP contribution in [0.5, 0.6) is 5.75 Å². The maximum atomic E-state index is 8.68. The second kappa shape index (κ2) is 6.30. The van der Waals surface area contributed by atoms with Gasteiger partial charge < -0.3 is 9.15 Å². The minimum atomic E-state index is 0.567. The summed E-state index contributed by atoms with van der Waals surface area (Å²) in [6.45, 7) is 4.40. The van der Waals surface area contributed by atoms with Crippen molar-refractivity contribution in [2.45, 2.75) is 19.1 Å². The first-order valence-corrected chi connectivity index (χ1v) is 6.87. The summed E-state index contributed by atoms with van der Waals surface area (Å²) >= 11 is 1.53. The molecule has 19 heavy (non-hydrogen) atoms. The lowest BCUT2D eigenvalue weighted by Gasteiger charge is -2.04. The van der Waals surface area contributed by atoms with Crippen LogP contribution in [0.15, 0.2) is 33.9 Å². The third kappa shape index (κ3) is 3.76. The SMILES string of the molecule is Cc1nc(SCCOc2ccc(C#N)cc2)oc1C. The highest BCUT2D eigenvalue weighted by Crippen LogP contribution is 2.20. The zero-order valence-corrected chi connectivity index (χ0v) is 11.7. The van der Waals surface area contributed by atoms with Crippen LogP contribution < -0.4 is 4.74 Å². The molecule has 1 heterocycles. The van der Waals surface area contributed by atoms with Crippen LogP contribution in [0.4, 0.5) is 0 Å². The summed E-state index contributed by atoms with van der Waals surface area (Å²) in [6, 6.07) is 9.14. The molecular formula is C14H14N2O2S. The molecule has 0 radical (unpaired) electrons. The van der Waals surface area contributed by atoms with Crippen molar-refractivity contribution in [3.05, 3.63) is 41.3 Å². The normalized spacial score (nSPS) is 10.2. The van der Waals surface area contributed by atoms with E-state index in [9.17, 15) is 0 Å². The molecular weight excluding hydrogens is 260 g/mol. The molecule has 0 aliphatic heterocycles. The Balaban J connectivity index is 1.76. The number of benzene rings is 1. The molecule has 0 spiro atoms. The second-order valence-corrected chi connectivity index (χ2v) is 5.00. The molecule has 0 unspecified atom stereocenters. The zero-order chi connectivity index (χ0) is 13.7. The number of aryl methyl sites for hydroxylation is 2. The van der Waals surface area contributed by atoms with Gasteiger partial charge in [-0.3, -0.25) is 0 Å². The molecule has 1 aromatic heterocycles. The Morgan fingerprint density at radius 2 is 2.05 bits per heavy atom. The van der Waals surface area contributed by atoms with Crippen LogP contribution in [0.2, 0.25) is 0 Å². The molecule has 0 atom stereocenters. The van der Waals surface area contributed by atoms with Gasteiger partial charge in [-0.1, -0.05) is 11.8 Å². The first-order valence-electron chi connectivity index (χ1n) is 5.89. The minimum absolute atomic E-state index is 0.567. The highest BCUT2D eigenvalue weighted by Gasteiger charge is 2.05. The highest BCUT2D eigenvalue weighted by atomic mass is 32.2. The number of aromatic nitrogens is 1. The lowest BCUT2D eigenvalue weighted by molar-refractivity contribution is 0.343. The van der Waals surface area contributed by atoms with E-state index in [1.54, 1.807) is 24.3 Å². The average molecular weight is 274 g/mol. The molecule has 0 N–H and O–H groups in total. The fourth-order valence-electron chi connectivity index (χ4n) is 1.42. The molecule has 4 nitrogen and oxygen atoms in total. The summed E-state index contributed by atoms with van der Waals surface area (Å²) in [4.78, 5) is 4.28. The van der Waals surface area contributed by atoms with E-state index in [1.165, 1.54) is 11.8 Å². The number of ether oxygens (including phenoxy) is 1. The van der Waals surface area contributed by atoms with E-state index >= 15 is 0 Å². The van der Waals surface area contributed by atoms with Crippen LogP contribution in [0.1, 0.15) is 17.0 Å². The Kier molecular flexibility index (Phi) is 4.48. The van der Waals surface area contributed by atoms with Crippen molar-refractivity contribution in [3.63, 3.8) is 0 Å². The number of rotatable bonds is 5. The van der Waals surface area contributed by atoms with E-state index in [0.717, 1.165) is 23.0 Å². The summed E-state index contributed by atoms with van der Waals surface area (Å²) in [7, 11) is 0. The van der Waals surface area contributed by atoms with Gasteiger partial charge in [-0.2, -0.15) is 5.26 Å². The topological polar surface area (TPSA) is 59.0 Å². The third-order valence-electron chi connectivity index (χ3n) is 2.57. The van der Waals surface area contributed by atoms with Crippen LogP contribution >= 0.6 is 11.8 Å². The first kappa shape index (κ1) is 13.5. The smallest absolute Gasteiger partial charge is 0.256 e. The van der Waals surface area contributed by atoms with Gasteiger partial charge in [0, 0.05) is 5.75 Å². The van der Waals surface area contributed by atoms with E-state index < -0.39 is 0 Å². The Labute approximate surface area is 116 Å². The number of nitriles is 1. The third-order valence-corrected chi connectivity index (χ3v) is 3.36. The quantitative estimate of drug-likeness (QED) is 0.618. The molecule has 0 saturated heterocycles. The van der Waals surface area contributed by atoms with E-state index in [4.69, 9.17) is 14.4 Å². The molecule has 1 aromatic carbocycles. The van der Waals surface area contributed by atoms with Gasteiger partial charge in [-0.15, -0.1) is 0 Å². The van der Waals surface area contributed by atoms with Crippen LogP contribution in [-0.2, 0) is 0 Å². The van der Waals surface area contributed by atoms with E-state index in [2.05, 4.69) is 11.1 Å². The van der Waals surface area contributed by atoms with Gasteiger partial charge in [0.15, 0.2) is 0 Å². The van der Waals surface area contributed by atoms with Crippen LogP contribution in [-0.4, -0.2) is 17.3 Å². The predicted molar refractivity (Wildman–Crippen MR) is 73.4 cm³/mol. The monoisotopic (exact) mass is 274 g/mol. The number of thioether (sulfide) groups is 1. The van der Waals surface area contributed by atoms with Crippen molar-refractivity contribution in [1.82, 2.24) is 4.98 Å². The van der Waals surface area contributed by atoms with Gasteiger partial charge in [-0.25, -0.2) is 4.98 Å². The van der Waals surface area contributed by atoms with Gasteiger partial charge in [0.05, 0.1) is 23.9 Å². The van der Waals surface area contributed by atoms with Gasteiger partial charge in [0.1, 0.15) is 11.5 Å². The minimum Gasteiger partial charge on any atom is -0.493 e. The largest absolute Gasteiger partial charge is 0.493 e. The number of hydrogen-bond donors (Lipinski definition) is 0. The first-order chi connectivity index (χ1) is 9.19. The van der Waals surface area contributed by atoms with Crippen LogP contribution in [0.3, 0.4) is 0 Å². The van der Waals surface area contributed by atoms with Crippen molar-refractivity contribution in [3.8, 4) is 11.8 Å². The Morgan fingerprint density at radius 1 is 1.32 bits per heavy atom. The molecule has 0 amide bonds. The standard InChI is InChI=1S/C14H14N2O2S/c1-10-11(2)18-14(16-10)19-8-7-17-13-5-3-12(9-15)4-6-13/h3-6H,7-8H2,1-2H3. The van der Waals surface area contributed by atoms with E-state index in [0.29, 0.717) is 17.4 Å². The van der Waals surface area contributed by atoms with E-state index in [1.807, 2.05) is 13.8 Å². The maximum absolute atomic E-state index is 8.68. The Hall–Kier alpha value is -1.93. The number of nitrogens with zero attached hydrogens (tertiary/aromatic N) is 2. The van der Waals surface area contributed by atoms with Gasteiger partial charge >= 0.3 is 0 Å². The lowest BCUT2D eigenvalue weighted by Crippen LogP contribution is -1.99. The molecule has 0 saturated carbocycles. The van der Waals surface area contributed by atoms with Crippen LogP contribution in [0.25, 0.3) is 0 Å². The summed E-state index contributed by atoms with van der Waals surface area (Å²) in [5.41, 5.74) is 1.56. The van der Waals surface area contributed by atoms with Gasteiger partial charge in [0.2, 0.25) is 0 Å². The fourth-order valence-corrected chi connectivity index (χ4v) is 2.15. The second-order valence-electron chi connectivity index (χ2n) is 3.95. The molecule has 5 heteroatoms. The van der Waals surface area contributed by atoms with Crippen molar-refractivity contribution in [2.24, 2.45) is 0 Å². The zero-order valence-electron chi connectivity index (χ0n) is 10.8. The summed E-state index contributed by atoms with van der Waals surface area (Å²) in [5, 5.41) is 9.36. The highest BCUT2D eigenvalue weighted by molar-refractivity contribution is 7.99. The summed E-state index contributed by atoms with van der Waals surface area (Å²) in [6.07, 6.45) is 0. The Bertz CT molecular complexity index is 565. The van der Waals surface area contributed by atoms with Crippen molar-refractivity contribution in [2.75, 3.05) is 12.4 Å². The molecule has 0 aliphatic rings. The molecule has 0 aliphatic carbocycles. The van der Waals surface area contributed by atoms with Crippen LogP contribution in [0, 0.1) is 25.2 Å². The predicted octanol–water partition coefficient (Wildman–Crippen LogP) is 3.33.